The molecular weight excluding hydrogens is 244 g/mol. The molecule has 0 amide bonds. The minimum Gasteiger partial charge on any atom is -0.241 e. The van der Waals surface area contributed by atoms with Crippen LogP contribution in [0.4, 0.5) is 0 Å². The molecule has 0 spiro atoms. The van der Waals surface area contributed by atoms with Crippen molar-refractivity contribution >= 4 is 0 Å². The van der Waals surface area contributed by atoms with Gasteiger partial charge in [-0.05, 0) is 43.0 Å². The van der Waals surface area contributed by atoms with Crippen molar-refractivity contribution in [1.29, 1.82) is 0 Å². The molecule has 0 atom stereocenters. The van der Waals surface area contributed by atoms with Crippen LogP contribution in [0.2, 0.25) is 0 Å². The zero-order chi connectivity index (χ0) is 13.8. The van der Waals surface area contributed by atoms with E-state index in [9.17, 15) is 0 Å². The molecule has 2 nitrogen and oxygen atoms in total. The zero-order valence-corrected chi connectivity index (χ0v) is 11.7. The predicted molar refractivity (Wildman–Crippen MR) is 82.2 cm³/mol. The third-order valence-electron chi connectivity index (χ3n) is 3.51. The third-order valence-corrected chi connectivity index (χ3v) is 3.51. The molecule has 100 valence electrons. The first-order chi connectivity index (χ1) is 9.83. The first-order valence-corrected chi connectivity index (χ1v) is 6.96. The Balaban J connectivity index is 1.87. The molecule has 2 aromatic carbocycles. The number of rotatable bonds is 4. The molecule has 2 heteroatoms. The van der Waals surface area contributed by atoms with E-state index in [0.717, 1.165) is 12.8 Å². The summed E-state index contributed by atoms with van der Waals surface area (Å²) in [7, 11) is 0. The highest BCUT2D eigenvalue weighted by Gasteiger charge is 2.05. The Morgan fingerprint density at radius 1 is 0.950 bits per heavy atom. The summed E-state index contributed by atoms with van der Waals surface area (Å²) < 4.78 is 1.94. The molecular formula is C18H18N2. The van der Waals surface area contributed by atoms with Crippen molar-refractivity contribution < 1.29 is 0 Å². The fraction of sp³-hybridized carbons (Fsp3) is 0.167. The van der Waals surface area contributed by atoms with Crippen LogP contribution in [0.5, 0.6) is 0 Å². The van der Waals surface area contributed by atoms with E-state index in [4.69, 9.17) is 0 Å². The molecule has 0 fully saturated rings. The summed E-state index contributed by atoms with van der Waals surface area (Å²) in [5.74, 6) is 0. The van der Waals surface area contributed by atoms with E-state index < -0.39 is 0 Å². The minimum atomic E-state index is 1.03. The van der Waals surface area contributed by atoms with Gasteiger partial charge in [0.25, 0.3) is 0 Å². The van der Waals surface area contributed by atoms with E-state index in [1.54, 1.807) is 0 Å². The van der Waals surface area contributed by atoms with Crippen LogP contribution in [0.3, 0.4) is 0 Å². The van der Waals surface area contributed by atoms with Gasteiger partial charge in [0.15, 0.2) is 0 Å². The Kier molecular flexibility index (Phi) is 3.64. The van der Waals surface area contributed by atoms with E-state index in [2.05, 4.69) is 60.6 Å². The first-order valence-electron chi connectivity index (χ1n) is 6.96. The van der Waals surface area contributed by atoms with Crippen molar-refractivity contribution in [1.82, 2.24) is 9.78 Å². The average molecular weight is 262 g/mol. The van der Waals surface area contributed by atoms with E-state index in [-0.39, 0.29) is 0 Å². The molecule has 0 aliphatic rings. The van der Waals surface area contributed by atoms with Crippen LogP contribution in [0.1, 0.15) is 16.7 Å². The summed E-state index contributed by atoms with van der Waals surface area (Å²) in [4.78, 5) is 0. The van der Waals surface area contributed by atoms with Gasteiger partial charge in [-0.3, -0.25) is 0 Å². The van der Waals surface area contributed by atoms with Crippen molar-refractivity contribution in [3.63, 3.8) is 0 Å². The maximum Gasteiger partial charge on any atom is 0.0677 e. The number of nitrogens with zero attached hydrogens (tertiary/aromatic N) is 2. The first kappa shape index (κ1) is 12.7. The molecule has 0 bridgehead atoms. The van der Waals surface area contributed by atoms with Crippen molar-refractivity contribution in [3.05, 3.63) is 83.7 Å². The molecule has 1 heterocycles. The van der Waals surface area contributed by atoms with E-state index in [1.807, 2.05) is 23.1 Å². The molecule has 0 saturated carbocycles. The Morgan fingerprint density at radius 2 is 1.80 bits per heavy atom. The lowest BCUT2D eigenvalue weighted by Crippen LogP contribution is -2.02. The molecule has 1 aromatic heterocycles. The lowest BCUT2D eigenvalue weighted by atomic mass is 10.0. The Hall–Kier alpha value is -2.35. The van der Waals surface area contributed by atoms with Gasteiger partial charge < -0.3 is 0 Å². The fourth-order valence-electron chi connectivity index (χ4n) is 2.47. The van der Waals surface area contributed by atoms with Crippen LogP contribution < -0.4 is 0 Å². The quantitative estimate of drug-likeness (QED) is 0.695. The summed E-state index contributed by atoms with van der Waals surface area (Å²) in [6.45, 7) is 2.14. The van der Waals surface area contributed by atoms with Crippen LogP contribution >= 0.6 is 0 Å². The van der Waals surface area contributed by atoms with Gasteiger partial charge in [-0.1, -0.05) is 48.0 Å². The summed E-state index contributed by atoms with van der Waals surface area (Å²) in [6.07, 6.45) is 5.90. The molecule has 0 radical (unpaired) electrons. The normalized spacial score (nSPS) is 10.7. The van der Waals surface area contributed by atoms with Crippen LogP contribution in [0.15, 0.2) is 67.0 Å². The number of aryl methyl sites for hydroxylation is 3. The van der Waals surface area contributed by atoms with Crippen molar-refractivity contribution in [3.8, 4) is 5.69 Å². The van der Waals surface area contributed by atoms with E-state index in [1.165, 1.54) is 22.4 Å². The minimum absolute atomic E-state index is 1.03. The topological polar surface area (TPSA) is 17.8 Å². The molecule has 0 aliphatic carbocycles. The molecule has 0 N–H and O–H groups in total. The summed E-state index contributed by atoms with van der Waals surface area (Å²) in [5, 5.41) is 4.35. The van der Waals surface area contributed by atoms with Crippen molar-refractivity contribution in [2.45, 2.75) is 19.8 Å². The Bertz CT molecular complexity index is 670. The molecule has 0 aliphatic heterocycles. The fourth-order valence-corrected chi connectivity index (χ4v) is 2.47. The number of aromatic nitrogens is 2. The van der Waals surface area contributed by atoms with E-state index >= 15 is 0 Å². The van der Waals surface area contributed by atoms with Gasteiger partial charge in [0, 0.05) is 12.4 Å². The summed E-state index contributed by atoms with van der Waals surface area (Å²) in [6, 6.07) is 19.1. The molecule has 0 unspecified atom stereocenters. The number of hydrogen-bond donors (Lipinski definition) is 0. The molecule has 3 rings (SSSR count). The highest BCUT2D eigenvalue weighted by Crippen LogP contribution is 2.18. The lowest BCUT2D eigenvalue weighted by molar-refractivity contribution is 0.847. The van der Waals surface area contributed by atoms with Gasteiger partial charge in [0.2, 0.25) is 0 Å². The second-order valence-electron chi connectivity index (χ2n) is 5.07. The Labute approximate surface area is 119 Å². The van der Waals surface area contributed by atoms with E-state index in [0.29, 0.717) is 0 Å². The van der Waals surface area contributed by atoms with Crippen molar-refractivity contribution in [2.24, 2.45) is 0 Å². The molecule has 20 heavy (non-hydrogen) atoms. The molecule has 3 aromatic rings. The smallest absolute Gasteiger partial charge is 0.0677 e. The predicted octanol–water partition coefficient (Wildman–Crippen LogP) is 3.97. The standard InChI is InChI=1S/C18H18N2/c1-15-8-11-18(20-13-5-12-19-20)17(14-15)10-9-16-6-3-2-4-7-16/h2-8,11-14H,9-10H2,1H3. The van der Waals surface area contributed by atoms with Crippen LogP contribution in [0.25, 0.3) is 5.69 Å². The number of hydrogen-bond acceptors (Lipinski definition) is 1. The van der Waals surface area contributed by atoms with Gasteiger partial charge in [0.1, 0.15) is 0 Å². The van der Waals surface area contributed by atoms with Gasteiger partial charge >= 0.3 is 0 Å². The van der Waals surface area contributed by atoms with Gasteiger partial charge in [-0.2, -0.15) is 5.10 Å². The van der Waals surface area contributed by atoms with Crippen LogP contribution in [0, 0.1) is 6.92 Å². The monoisotopic (exact) mass is 262 g/mol. The largest absolute Gasteiger partial charge is 0.241 e. The highest BCUT2D eigenvalue weighted by atomic mass is 15.3. The zero-order valence-electron chi connectivity index (χ0n) is 11.7. The summed E-state index contributed by atoms with van der Waals surface area (Å²) >= 11 is 0. The Morgan fingerprint density at radius 3 is 2.55 bits per heavy atom. The van der Waals surface area contributed by atoms with Crippen molar-refractivity contribution in [2.75, 3.05) is 0 Å². The van der Waals surface area contributed by atoms with Gasteiger partial charge in [-0.25, -0.2) is 4.68 Å². The van der Waals surface area contributed by atoms with Crippen LogP contribution in [-0.4, -0.2) is 9.78 Å². The SMILES string of the molecule is Cc1ccc(-n2cccn2)c(CCc2ccccc2)c1. The third kappa shape index (κ3) is 2.80. The van der Waals surface area contributed by atoms with Crippen LogP contribution in [-0.2, 0) is 12.8 Å². The average Bonchev–Trinajstić information content (AvgIpc) is 3.00. The van der Waals surface area contributed by atoms with Gasteiger partial charge in [0.05, 0.1) is 5.69 Å². The van der Waals surface area contributed by atoms with Gasteiger partial charge in [-0.15, -0.1) is 0 Å². The lowest BCUT2D eigenvalue weighted by Gasteiger charge is -2.11. The second kappa shape index (κ2) is 5.74. The second-order valence-corrected chi connectivity index (χ2v) is 5.07. The summed E-state index contributed by atoms with van der Waals surface area (Å²) in [5.41, 5.74) is 5.19. The maximum atomic E-state index is 4.35. The highest BCUT2D eigenvalue weighted by molar-refractivity contribution is 5.43. The molecule has 0 saturated heterocycles. The maximum absolute atomic E-state index is 4.35. The number of benzene rings is 2.